The van der Waals surface area contributed by atoms with Gasteiger partial charge in [0.2, 0.25) is 5.91 Å². The number of halogens is 2. The van der Waals surface area contributed by atoms with Gasteiger partial charge in [-0.25, -0.2) is 0 Å². The van der Waals surface area contributed by atoms with Crippen LogP contribution in [-0.2, 0) is 16.1 Å². The number of carbonyl (C=O) groups is 2. The Morgan fingerprint density at radius 1 is 1.11 bits per heavy atom. The molecule has 0 radical (unpaired) electrons. The fraction of sp³-hybridized carbons (Fsp3) is 0.300. The van der Waals surface area contributed by atoms with Crippen LogP contribution in [0.3, 0.4) is 0 Å². The van der Waals surface area contributed by atoms with E-state index in [4.69, 9.17) is 27.9 Å². The zero-order valence-corrected chi connectivity index (χ0v) is 16.8. The van der Waals surface area contributed by atoms with Crippen LogP contribution in [0.15, 0.2) is 48.5 Å². The third-order valence-corrected chi connectivity index (χ3v) is 4.42. The van der Waals surface area contributed by atoms with Gasteiger partial charge < -0.3 is 15.0 Å². The second kappa shape index (κ2) is 10.2. The summed E-state index contributed by atoms with van der Waals surface area (Å²) in [5.41, 5.74) is 0.832. The first kappa shape index (κ1) is 21.1. The van der Waals surface area contributed by atoms with Gasteiger partial charge in [-0.05, 0) is 55.8 Å². The van der Waals surface area contributed by atoms with Crippen LogP contribution in [0, 0.1) is 0 Å². The summed E-state index contributed by atoms with van der Waals surface area (Å²) < 4.78 is 5.55. The second-order valence-corrected chi connectivity index (χ2v) is 6.84. The van der Waals surface area contributed by atoms with Gasteiger partial charge in [0.05, 0.1) is 0 Å². The maximum absolute atomic E-state index is 12.8. The first-order chi connectivity index (χ1) is 12.9. The molecule has 0 aliphatic rings. The molecule has 0 spiro atoms. The fourth-order valence-corrected chi connectivity index (χ4v) is 2.83. The molecule has 27 heavy (non-hydrogen) atoms. The second-order valence-electron chi connectivity index (χ2n) is 5.96. The quantitative estimate of drug-likeness (QED) is 0.719. The number of benzene rings is 2. The summed E-state index contributed by atoms with van der Waals surface area (Å²) in [6.45, 7) is 4.07. The molecule has 2 rings (SSSR count). The first-order valence-corrected chi connectivity index (χ1v) is 9.36. The van der Waals surface area contributed by atoms with E-state index in [9.17, 15) is 9.59 Å². The Morgan fingerprint density at radius 3 is 2.44 bits per heavy atom. The lowest BCUT2D eigenvalue weighted by Crippen LogP contribution is -2.49. The smallest absolute Gasteiger partial charge is 0.261 e. The van der Waals surface area contributed by atoms with Gasteiger partial charge in [0.1, 0.15) is 11.8 Å². The van der Waals surface area contributed by atoms with Crippen LogP contribution in [0.25, 0.3) is 0 Å². The third kappa shape index (κ3) is 6.45. The number of ether oxygens (including phenoxy) is 1. The lowest BCUT2D eigenvalue weighted by molar-refractivity contribution is -0.142. The average molecular weight is 409 g/mol. The van der Waals surface area contributed by atoms with Crippen molar-refractivity contribution in [1.82, 2.24) is 10.2 Å². The predicted octanol–water partition coefficient (Wildman–Crippen LogP) is 3.93. The third-order valence-electron chi connectivity index (χ3n) is 3.94. The van der Waals surface area contributed by atoms with E-state index >= 15 is 0 Å². The van der Waals surface area contributed by atoms with Crippen molar-refractivity contribution in [3.63, 3.8) is 0 Å². The first-order valence-electron chi connectivity index (χ1n) is 8.60. The van der Waals surface area contributed by atoms with Crippen LogP contribution in [0.4, 0.5) is 0 Å². The molecule has 0 saturated heterocycles. The Morgan fingerprint density at radius 2 is 1.81 bits per heavy atom. The van der Waals surface area contributed by atoms with Crippen molar-refractivity contribution in [2.24, 2.45) is 0 Å². The molecule has 2 amide bonds. The lowest BCUT2D eigenvalue weighted by Gasteiger charge is -2.28. The van der Waals surface area contributed by atoms with Gasteiger partial charge in [-0.2, -0.15) is 0 Å². The Balaban J connectivity index is 2.12. The number of nitrogens with zero attached hydrogens (tertiary/aromatic N) is 1. The SMILES string of the molecule is CCNC(=O)C(C)N(Cc1cccc(Cl)c1)C(=O)COc1ccc(Cl)cc1. The van der Waals surface area contributed by atoms with E-state index in [-0.39, 0.29) is 25.0 Å². The van der Waals surface area contributed by atoms with Crippen LogP contribution >= 0.6 is 23.2 Å². The zero-order chi connectivity index (χ0) is 19.8. The van der Waals surface area contributed by atoms with E-state index in [2.05, 4.69) is 5.32 Å². The van der Waals surface area contributed by atoms with Crippen molar-refractivity contribution >= 4 is 35.0 Å². The van der Waals surface area contributed by atoms with Crippen molar-refractivity contribution in [2.45, 2.75) is 26.4 Å². The van der Waals surface area contributed by atoms with Crippen LogP contribution < -0.4 is 10.1 Å². The van der Waals surface area contributed by atoms with Gasteiger partial charge in [0, 0.05) is 23.1 Å². The van der Waals surface area contributed by atoms with Crippen LogP contribution in [0.2, 0.25) is 10.0 Å². The van der Waals surface area contributed by atoms with Crippen molar-refractivity contribution in [2.75, 3.05) is 13.2 Å². The Kier molecular flexibility index (Phi) is 7.95. The molecule has 0 aromatic heterocycles. The molecule has 1 N–H and O–H groups in total. The molecule has 7 heteroatoms. The summed E-state index contributed by atoms with van der Waals surface area (Å²) in [5.74, 6) is 0.00386. The fourth-order valence-electron chi connectivity index (χ4n) is 2.50. The van der Waals surface area contributed by atoms with E-state index in [0.29, 0.717) is 22.3 Å². The summed E-state index contributed by atoms with van der Waals surface area (Å²) >= 11 is 11.9. The predicted molar refractivity (Wildman–Crippen MR) is 107 cm³/mol. The van der Waals surface area contributed by atoms with Crippen molar-refractivity contribution < 1.29 is 14.3 Å². The number of likely N-dealkylation sites (N-methyl/N-ethyl adjacent to an activating group) is 1. The Labute approximate surface area is 169 Å². The number of nitrogens with one attached hydrogen (secondary N) is 1. The molecule has 0 bridgehead atoms. The number of hydrogen-bond donors (Lipinski definition) is 1. The van der Waals surface area contributed by atoms with E-state index in [1.54, 1.807) is 49.4 Å². The summed E-state index contributed by atoms with van der Waals surface area (Å²) in [5, 5.41) is 3.90. The molecule has 0 fully saturated rings. The standard InChI is InChI=1S/C20H22Cl2N2O3/c1-3-23-20(26)14(2)24(12-15-5-4-6-17(22)11-15)19(25)13-27-18-9-7-16(21)8-10-18/h4-11,14H,3,12-13H2,1-2H3,(H,23,26). The maximum Gasteiger partial charge on any atom is 0.261 e. The average Bonchev–Trinajstić information content (AvgIpc) is 2.65. The molecule has 0 heterocycles. The summed E-state index contributed by atoms with van der Waals surface area (Å²) in [4.78, 5) is 26.5. The highest BCUT2D eigenvalue weighted by molar-refractivity contribution is 6.30. The van der Waals surface area contributed by atoms with Crippen molar-refractivity contribution in [3.05, 3.63) is 64.1 Å². The summed E-state index contributed by atoms with van der Waals surface area (Å²) in [6, 6.07) is 13.3. The van der Waals surface area contributed by atoms with E-state index < -0.39 is 6.04 Å². The minimum atomic E-state index is -0.648. The lowest BCUT2D eigenvalue weighted by atomic mass is 10.1. The molecule has 1 atom stereocenters. The summed E-state index contributed by atoms with van der Waals surface area (Å²) in [7, 11) is 0. The minimum absolute atomic E-state index is 0.189. The molecule has 2 aromatic rings. The van der Waals surface area contributed by atoms with Crippen LogP contribution in [-0.4, -0.2) is 35.9 Å². The number of rotatable bonds is 8. The maximum atomic E-state index is 12.8. The van der Waals surface area contributed by atoms with Gasteiger partial charge in [-0.1, -0.05) is 35.3 Å². The van der Waals surface area contributed by atoms with Crippen LogP contribution in [0.1, 0.15) is 19.4 Å². The van der Waals surface area contributed by atoms with E-state index in [1.807, 2.05) is 13.0 Å². The highest BCUT2D eigenvalue weighted by Crippen LogP contribution is 2.17. The van der Waals surface area contributed by atoms with Crippen LogP contribution in [0.5, 0.6) is 5.75 Å². The number of amides is 2. The van der Waals surface area contributed by atoms with E-state index in [1.165, 1.54) is 4.90 Å². The van der Waals surface area contributed by atoms with E-state index in [0.717, 1.165) is 5.56 Å². The molecule has 1 unspecified atom stereocenters. The monoisotopic (exact) mass is 408 g/mol. The van der Waals surface area contributed by atoms with Gasteiger partial charge in [-0.15, -0.1) is 0 Å². The highest BCUT2D eigenvalue weighted by atomic mass is 35.5. The van der Waals surface area contributed by atoms with Gasteiger partial charge in [0.15, 0.2) is 6.61 Å². The van der Waals surface area contributed by atoms with Gasteiger partial charge in [-0.3, -0.25) is 9.59 Å². The largest absolute Gasteiger partial charge is 0.484 e. The number of hydrogen-bond acceptors (Lipinski definition) is 3. The molecule has 0 aliphatic carbocycles. The van der Waals surface area contributed by atoms with Crippen molar-refractivity contribution in [3.8, 4) is 5.75 Å². The molecule has 5 nitrogen and oxygen atoms in total. The topological polar surface area (TPSA) is 58.6 Å². The molecule has 0 saturated carbocycles. The normalized spacial score (nSPS) is 11.6. The van der Waals surface area contributed by atoms with Crippen molar-refractivity contribution in [1.29, 1.82) is 0 Å². The van der Waals surface area contributed by atoms with Gasteiger partial charge in [0.25, 0.3) is 5.91 Å². The highest BCUT2D eigenvalue weighted by Gasteiger charge is 2.26. The minimum Gasteiger partial charge on any atom is -0.484 e. The molecular weight excluding hydrogens is 387 g/mol. The number of carbonyl (C=O) groups excluding carboxylic acids is 2. The summed E-state index contributed by atoms with van der Waals surface area (Å²) in [6.07, 6.45) is 0. The molecule has 2 aromatic carbocycles. The zero-order valence-electron chi connectivity index (χ0n) is 15.2. The molecular formula is C20H22Cl2N2O3. The molecule has 0 aliphatic heterocycles. The Bertz CT molecular complexity index is 781. The molecule has 144 valence electrons. The van der Waals surface area contributed by atoms with Gasteiger partial charge >= 0.3 is 0 Å². The Hall–Kier alpha value is -2.24.